The Morgan fingerprint density at radius 2 is 2.07 bits per heavy atom. The zero-order valence-electron chi connectivity index (χ0n) is 16.0. The van der Waals surface area contributed by atoms with Crippen LogP contribution in [-0.4, -0.2) is 40.1 Å². The van der Waals surface area contributed by atoms with Gasteiger partial charge in [0.2, 0.25) is 12.7 Å². The summed E-state index contributed by atoms with van der Waals surface area (Å²) in [7, 11) is 1.91. The number of urea groups is 1. The number of nitrogens with one attached hydrogen (secondary N) is 2. The summed E-state index contributed by atoms with van der Waals surface area (Å²) in [6.07, 6.45) is 2.31. The number of benzene rings is 1. The Bertz CT molecular complexity index is 954. The van der Waals surface area contributed by atoms with Crippen molar-refractivity contribution in [1.29, 1.82) is 0 Å². The van der Waals surface area contributed by atoms with Crippen molar-refractivity contribution in [2.24, 2.45) is 7.05 Å². The van der Waals surface area contributed by atoms with E-state index in [0.717, 1.165) is 16.2 Å². The normalized spacial score (nSPS) is 17.6. The number of imide groups is 1. The fraction of sp³-hybridized carbons (Fsp3) is 0.350. The Morgan fingerprint density at radius 1 is 1.24 bits per heavy atom. The third-order valence-corrected chi connectivity index (χ3v) is 5.06. The van der Waals surface area contributed by atoms with E-state index in [2.05, 4.69) is 10.6 Å². The van der Waals surface area contributed by atoms with E-state index in [1.165, 1.54) is 0 Å². The zero-order chi connectivity index (χ0) is 20.4. The first-order valence-electron chi connectivity index (χ1n) is 9.38. The van der Waals surface area contributed by atoms with Gasteiger partial charge in [-0.2, -0.15) is 0 Å². The Balaban J connectivity index is 1.28. The number of ether oxygens (including phenoxy) is 2. The summed E-state index contributed by atoms with van der Waals surface area (Å²) in [6, 6.07) is 7.98. The van der Waals surface area contributed by atoms with E-state index in [1.54, 1.807) is 18.2 Å². The molecule has 9 heteroatoms. The first kappa shape index (κ1) is 18.9. The second-order valence-electron chi connectivity index (χ2n) is 7.04. The molecular weight excluding hydrogens is 376 g/mol. The van der Waals surface area contributed by atoms with Crippen LogP contribution in [0.15, 0.2) is 36.5 Å². The van der Waals surface area contributed by atoms with Crippen LogP contribution in [0.3, 0.4) is 0 Å². The summed E-state index contributed by atoms with van der Waals surface area (Å²) in [5.74, 6) is 0.747. The summed E-state index contributed by atoms with van der Waals surface area (Å²) < 4.78 is 12.5. The molecule has 0 aliphatic carbocycles. The van der Waals surface area contributed by atoms with Crippen molar-refractivity contribution in [2.75, 3.05) is 6.79 Å². The van der Waals surface area contributed by atoms with Crippen LogP contribution in [-0.2, 0) is 29.7 Å². The fourth-order valence-corrected chi connectivity index (χ4v) is 3.38. The maximum Gasteiger partial charge on any atom is 0.325 e. The van der Waals surface area contributed by atoms with E-state index < -0.39 is 12.1 Å². The van der Waals surface area contributed by atoms with E-state index in [1.807, 2.05) is 29.9 Å². The Kier molecular flexibility index (Phi) is 5.11. The number of fused-ring (bicyclic) bond motifs is 1. The molecular formula is C20H22N4O5. The lowest BCUT2D eigenvalue weighted by Crippen LogP contribution is -2.32. The summed E-state index contributed by atoms with van der Waals surface area (Å²) in [5.41, 5.74) is 1.75. The van der Waals surface area contributed by atoms with Crippen LogP contribution in [0.25, 0.3) is 0 Å². The molecule has 2 aromatic rings. The molecule has 3 heterocycles. The average Bonchev–Trinajstić information content (AvgIpc) is 3.40. The van der Waals surface area contributed by atoms with Crippen LogP contribution in [0.2, 0.25) is 0 Å². The smallest absolute Gasteiger partial charge is 0.325 e. The lowest BCUT2D eigenvalue weighted by molar-refractivity contribution is -0.128. The summed E-state index contributed by atoms with van der Waals surface area (Å²) in [4.78, 5) is 38.1. The molecule has 1 aromatic heterocycles. The van der Waals surface area contributed by atoms with Crippen LogP contribution in [0.5, 0.6) is 11.5 Å². The maximum atomic E-state index is 12.6. The van der Waals surface area contributed by atoms with Gasteiger partial charge in [-0.25, -0.2) is 4.79 Å². The molecule has 0 spiro atoms. The largest absolute Gasteiger partial charge is 0.454 e. The Hall–Kier alpha value is -3.49. The lowest BCUT2D eigenvalue weighted by atomic mass is 10.1. The summed E-state index contributed by atoms with van der Waals surface area (Å²) >= 11 is 0. The molecule has 1 atom stereocenters. The maximum absolute atomic E-state index is 12.6. The zero-order valence-corrected chi connectivity index (χ0v) is 16.0. The number of hydrogen-bond donors (Lipinski definition) is 2. The van der Waals surface area contributed by atoms with Crippen molar-refractivity contribution in [2.45, 2.75) is 32.0 Å². The van der Waals surface area contributed by atoms with Gasteiger partial charge in [0.1, 0.15) is 6.04 Å². The van der Waals surface area contributed by atoms with Gasteiger partial charge in [0.25, 0.3) is 5.91 Å². The van der Waals surface area contributed by atoms with E-state index in [4.69, 9.17) is 9.47 Å². The number of aryl methyl sites for hydroxylation is 1. The highest BCUT2D eigenvalue weighted by atomic mass is 16.7. The van der Waals surface area contributed by atoms with Crippen LogP contribution in [0.4, 0.5) is 4.79 Å². The topological polar surface area (TPSA) is 102 Å². The van der Waals surface area contributed by atoms with Gasteiger partial charge in [0.15, 0.2) is 11.5 Å². The molecule has 2 N–H and O–H groups in total. The van der Waals surface area contributed by atoms with Crippen LogP contribution in [0, 0.1) is 0 Å². The minimum absolute atomic E-state index is 0.136. The van der Waals surface area contributed by atoms with Crippen LogP contribution in [0.1, 0.15) is 24.1 Å². The van der Waals surface area contributed by atoms with Crippen molar-refractivity contribution in [1.82, 2.24) is 20.1 Å². The van der Waals surface area contributed by atoms with Gasteiger partial charge in [0.05, 0.1) is 13.1 Å². The van der Waals surface area contributed by atoms with Gasteiger partial charge in [0, 0.05) is 25.4 Å². The van der Waals surface area contributed by atoms with E-state index >= 15 is 0 Å². The highest BCUT2D eigenvalue weighted by Gasteiger charge is 2.38. The fourth-order valence-electron chi connectivity index (χ4n) is 3.38. The number of amides is 4. The minimum Gasteiger partial charge on any atom is -0.454 e. The van der Waals surface area contributed by atoms with Gasteiger partial charge in [-0.1, -0.05) is 6.07 Å². The van der Waals surface area contributed by atoms with E-state index in [9.17, 15) is 14.4 Å². The Labute approximate surface area is 167 Å². The predicted molar refractivity (Wildman–Crippen MR) is 102 cm³/mol. The molecule has 4 rings (SSSR count). The highest BCUT2D eigenvalue weighted by molar-refractivity contribution is 6.04. The third kappa shape index (κ3) is 4.03. The number of rotatable bonds is 7. The number of hydrogen-bond acceptors (Lipinski definition) is 5. The molecule has 2 aliphatic heterocycles. The van der Waals surface area contributed by atoms with Gasteiger partial charge in [-0.3, -0.25) is 14.5 Å². The van der Waals surface area contributed by atoms with Gasteiger partial charge in [-0.05, 0) is 36.2 Å². The highest BCUT2D eigenvalue weighted by Crippen LogP contribution is 2.33. The Morgan fingerprint density at radius 3 is 2.86 bits per heavy atom. The molecule has 1 aromatic carbocycles. The van der Waals surface area contributed by atoms with Crippen LogP contribution >= 0.6 is 0 Å². The van der Waals surface area contributed by atoms with Gasteiger partial charge >= 0.3 is 6.03 Å². The molecule has 1 fully saturated rings. The third-order valence-electron chi connectivity index (χ3n) is 5.06. The number of aromatic nitrogens is 1. The molecule has 0 bridgehead atoms. The van der Waals surface area contributed by atoms with Crippen molar-refractivity contribution in [3.05, 3.63) is 47.8 Å². The SMILES string of the molecule is Cn1cccc1CNC(=O)CCC1NC(=O)N(Cc2ccc3c(c2)OCO3)C1=O. The molecule has 29 heavy (non-hydrogen) atoms. The summed E-state index contributed by atoms with van der Waals surface area (Å²) in [6.45, 7) is 0.719. The van der Waals surface area contributed by atoms with E-state index in [0.29, 0.717) is 18.0 Å². The molecule has 2 aliphatic rings. The number of nitrogens with zero attached hydrogens (tertiary/aromatic N) is 2. The minimum atomic E-state index is -0.697. The molecule has 4 amide bonds. The van der Waals surface area contributed by atoms with Crippen molar-refractivity contribution >= 4 is 17.8 Å². The molecule has 152 valence electrons. The molecule has 1 saturated heterocycles. The first-order valence-corrected chi connectivity index (χ1v) is 9.38. The monoisotopic (exact) mass is 398 g/mol. The number of carbonyl (C=O) groups is 3. The summed E-state index contributed by atoms with van der Waals surface area (Å²) in [5, 5.41) is 5.49. The molecule has 0 radical (unpaired) electrons. The molecule has 0 saturated carbocycles. The molecule has 1 unspecified atom stereocenters. The van der Waals surface area contributed by atoms with Crippen molar-refractivity contribution < 1.29 is 23.9 Å². The number of carbonyl (C=O) groups excluding carboxylic acids is 3. The van der Waals surface area contributed by atoms with Crippen LogP contribution < -0.4 is 20.1 Å². The van der Waals surface area contributed by atoms with Crippen molar-refractivity contribution in [3.63, 3.8) is 0 Å². The average molecular weight is 398 g/mol. The second-order valence-corrected chi connectivity index (χ2v) is 7.04. The quantitative estimate of drug-likeness (QED) is 0.684. The van der Waals surface area contributed by atoms with Gasteiger partial charge in [-0.15, -0.1) is 0 Å². The lowest BCUT2D eigenvalue weighted by Gasteiger charge is -2.13. The van der Waals surface area contributed by atoms with E-state index in [-0.39, 0.29) is 38.0 Å². The second kappa shape index (κ2) is 7.86. The first-order chi connectivity index (χ1) is 14.0. The van der Waals surface area contributed by atoms with Gasteiger partial charge < -0.3 is 24.7 Å². The standard InChI is InChI=1S/C20H22N4O5/c1-23-8-2-3-14(23)10-21-18(25)7-5-15-19(26)24(20(27)22-15)11-13-4-6-16-17(9-13)29-12-28-16/h2-4,6,8-9,15H,5,7,10-12H2,1H3,(H,21,25)(H,22,27). The van der Waals surface area contributed by atoms with Crippen molar-refractivity contribution in [3.8, 4) is 11.5 Å². The molecule has 9 nitrogen and oxygen atoms in total. The predicted octanol–water partition coefficient (Wildman–Crippen LogP) is 1.27.